The molecule has 1 saturated carbocycles. The first-order chi connectivity index (χ1) is 15.1. The molecule has 166 valence electrons. The number of ketones is 1. The lowest BCUT2D eigenvalue weighted by atomic mass is 9.95. The molecule has 0 spiro atoms. The van der Waals surface area contributed by atoms with E-state index in [1.54, 1.807) is 24.3 Å². The van der Waals surface area contributed by atoms with Crippen LogP contribution in [0.2, 0.25) is 0 Å². The molecule has 0 radical (unpaired) electrons. The van der Waals surface area contributed by atoms with E-state index in [1.165, 1.54) is 17.2 Å². The third kappa shape index (κ3) is 6.75. The lowest BCUT2D eigenvalue weighted by Crippen LogP contribution is -2.39. The van der Waals surface area contributed by atoms with Crippen LogP contribution in [-0.4, -0.2) is 46.5 Å². The molecule has 0 saturated heterocycles. The number of nitrogens with zero attached hydrogens (tertiary/aromatic N) is 2. The first-order valence-corrected chi connectivity index (χ1v) is 11.0. The zero-order valence-electron chi connectivity index (χ0n) is 18.0. The maximum atomic E-state index is 12.7. The van der Waals surface area contributed by atoms with Gasteiger partial charge in [-0.2, -0.15) is 5.10 Å². The largest absolute Gasteiger partial charge is 0.352 e. The third-order valence-electron chi connectivity index (χ3n) is 5.32. The molecule has 1 aromatic carbocycles. The highest BCUT2D eigenvalue weighted by Crippen LogP contribution is 2.18. The molecule has 0 aliphatic heterocycles. The summed E-state index contributed by atoms with van der Waals surface area (Å²) in [5.74, 6) is -0.420. The number of aromatic nitrogens is 2. The molecule has 0 unspecified atom stereocenters. The maximum Gasteiger partial charge on any atom is 0.256 e. The van der Waals surface area contributed by atoms with Crippen LogP contribution in [0.1, 0.15) is 66.3 Å². The molecule has 0 bridgehead atoms. The maximum absolute atomic E-state index is 12.7. The Morgan fingerprint density at radius 2 is 1.84 bits per heavy atom. The first-order valence-electron chi connectivity index (χ1n) is 11.0. The van der Waals surface area contributed by atoms with E-state index < -0.39 is 0 Å². The molecule has 3 rings (SSSR count). The topological polar surface area (TPSA) is 105 Å². The molecule has 1 heterocycles. The highest BCUT2D eigenvalue weighted by molar-refractivity contribution is 6.04. The quantitative estimate of drug-likeness (QED) is 0.401. The van der Waals surface area contributed by atoms with Gasteiger partial charge in [-0.25, -0.2) is 0 Å². The summed E-state index contributed by atoms with van der Waals surface area (Å²) in [7, 11) is 0. The molecule has 8 nitrogen and oxygen atoms in total. The van der Waals surface area contributed by atoms with Crippen LogP contribution in [0.5, 0.6) is 0 Å². The standard InChI is InChI=1S/C23H31N5O3/c1-2-13-24-15-20(29)19-14-21(26-23(31)17-9-5-3-6-10-17)27-28(19)16-22(30)25-18-11-7-4-8-12-18/h3,5-6,9-10,14,18,24H,2,4,7-8,11-13,15-16H2,1H3,(H,25,30)(H,26,27,31). The number of benzene rings is 1. The van der Waals surface area contributed by atoms with E-state index in [-0.39, 0.29) is 42.5 Å². The van der Waals surface area contributed by atoms with E-state index in [0.29, 0.717) is 11.3 Å². The summed E-state index contributed by atoms with van der Waals surface area (Å²) in [5.41, 5.74) is 0.787. The summed E-state index contributed by atoms with van der Waals surface area (Å²) in [6.07, 6.45) is 6.32. The second kappa shape index (κ2) is 11.4. The van der Waals surface area contributed by atoms with Gasteiger partial charge in [0.2, 0.25) is 5.91 Å². The minimum Gasteiger partial charge on any atom is -0.352 e. The third-order valence-corrected chi connectivity index (χ3v) is 5.32. The van der Waals surface area contributed by atoms with Crippen LogP contribution in [0, 0.1) is 0 Å². The predicted octanol–water partition coefficient (Wildman–Crippen LogP) is 2.77. The molecule has 3 N–H and O–H groups in total. The Hall–Kier alpha value is -3.00. The fraction of sp³-hybridized carbons (Fsp3) is 0.478. The van der Waals surface area contributed by atoms with Gasteiger partial charge in [0, 0.05) is 17.7 Å². The van der Waals surface area contributed by atoms with E-state index in [0.717, 1.165) is 38.6 Å². The number of rotatable bonds is 10. The van der Waals surface area contributed by atoms with Crippen molar-refractivity contribution in [2.24, 2.45) is 0 Å². The van der Waals surface area contributed by atoms with Crippen molar-refractivity contribution in [2.45, 2.75) is 58.0 Å². The summed E-state index contributed by atoms with van der Waals surface area (Å²) in [6.45, 7) is 2.83. The molecular formula is C23H31N5O3. The number of nitrogens with one attached hydrogen (secondary N) is 3. The lowest BCUT2D eigenvalue weighted by molar-refractivity contribution is -0.122. The molecule has 1 fully saturated rings. The van der Waals surface area contributed by atoms with Crippen molar-refractivity contribution >= 4 is 23.4 Å². The van der Waals surface area contributed by atoms with Crippen molar-refractivity contribution in [1.82, 2.24) is 20.4 Å². The van der Waals surface area contributed by atoms with Crippen molar-refractivity contribution in [3.8, 4) is 0 Å². The molecule has 0 atom stereocenters. The van der Waals surface area contributed by atoms with Gasteiger partial charge in [-0.3, -0.25) is 19.1 Å². The Balaban J connectivity index is 1.72. The summed E-state index contributed by atoms with van der Waals surface area (Å²) < 4.78 is 1.38. The van der Waals surface area contributed by atoms with Crippen LogP contribution < -0.4 is 16.0 Å². The highest BCUT2D eigenvalue weighted by Gasteiger charge is 2.21. The Kier molecular flexibility index (Phi) is 8.35. The molecular weight excluding hydrogens is 394 g/mol. The Bertz CT molecular complexity index is 888. The normalized spacial score (nSPS) is 14.2. The number of amides is 2. The number of hydrogen-bond donors (Lipinski definition) is 3. The second-order valence-electron chi connectivity index (χ2n) is 7.90. The van der Waals surface area contributed by atoms with Crippen LogP contribution >= 0.6 is 0 Å². The highest BCUT2D eigenvalue weighted by atomic mass is 16.2. The molecule has 31 heavy (non-hydrogen) atoms. The van der Waals surface area contributed by atoms with Gasteiger partial charge in [0.1, 0.15) is 12.2 Å². The number of anilines is 1. The summed E-state index contributed by atoms with van der Waals surface area (Å²) in [6, 6.07) is 10.5. The molecule has 2 aromatic rings. The van der Waals surface area contributed by atoms with Crippen molar-refractivity contribution < 1.29 is 14.4 Å². The minimum absolute atomic E-state index is 0.0629. The Labute approximate surface area is 182 Å². The van der Waals surface area contributed by atoms with E-state index in [4.69, 9.17) is 0 Å². The van der Waals surface area contributed by atoms with Gasteiger partial charge in [0.05, 0.1) is 6.54 Å². The molecule has 1 aromatic heterocycles. The van der Waals surface area contributed by atoms with Gasteiger partial charge >= 0.3 is 0 Å². The van der Waals surface area contributed by atoms with Crippen LogP contribution in [0.3, 0.4) is 0 Å². The summed E-state index contributed by atoms with van der Waals surface area (Å²) in [4.78, 5) is 37.8. The van der Waals surface area contributed by atoms with Gasteiger partial charge in [0.25, 0.3) is 5.91 Å². The zero-order valence-corrected chi connectivity index (χ0v) is 18.0. The van der Waals surface area contributed by atoms with Gasteiger partial charge in [-0.05, 0) is 37.9 Å². The van der Waals surface area contributed by atoms with Crippen LogP contribution in [0.15, 0.2) is 36.4 Å². The fourth-order valence-corrected chi connectivity index (χ4v) is 3.73. The van der Waals surface area contributed by atoms with Gasteiger partial charge in [-0.1, -0.05) is 44.4 Å². The molecule has 8 heteroatoms. The number of carbonyl (C=O) groups excluding carboxylic acids is 3. The minimum atomic E-state index is -0.319. The number of hydrogen-bond acceptors (Lipinski definition) is 5. The molecule has 1 aliphatic carbocycles. The van der Waals surface area contributed by atoms with E-state index in [9.17, 15) is 14.4 Å². The first kappa shape index (κ1) is 22.7. The van der Waals surface area contributed by atoms with E-state index >= 15 is 0 Å². The van der Waals surface area contributed by atoms with Gasteiger partial charge in [-0.15, -0.1) is 0 Å². The van der Waals surface area contributed by atoms with Gasteiger partial charge in [0.15, 0.2) is 11.6 Å². The summed E-state index contributed by atoms with van der Waals surface area (Å²) in [5, 5.41) is 13.2. The summed E-state index contributed by atoms with van der Waals surface area (Å²) >= 11 is 0. The number of Topliss-reactive ketones (excluding diaryl/α,β-unsaturated/α-hetero) is 1. The van der Waals surface area contributed by atoms with E-state index in [2.05, 4.69) is 21.0 Å². The van der Waals surface area contributed by atoms with Crippen molar-refractivity contribution in [1.29, 1.82) is 0 Å². The smallest absolute Gasteiger partial charge is 0.256 e. The van der Waals surface area contributed by atoms with Gasteiger partial charge < -0.3 is 16.0 Å². The predicted molar refractivity (Wildman–Crippen MR) is 119 cm³/mol. The lowest BCUT2D eigenvalue weighted by Gasteiger charge is -2.22. The molecule has 2 amide bonds. The zero-order chi connectivity index (χ0) is 22.1. The molecule has 1 aliphatic rings. The SMILES string of the molecule is CCCNCC(=O)c1cc(NC(=O)c2ccccc2)nn1CC(=O)NC1CCCCC1. The second-order valence-corrected chi connectivity index (χ2v) is 7.90. The average molecular weight is 426 g/mol. The fourth-order valence-electron chi connectivity index (χ4n) is 3.73. The Morgan fingerprint density at radius 3 is 2.55 bits per heavy atom. The van der Waals surface area contributed by atoms with Crippen LogP contribution in [-0.2, 0) is 11.3 Å². The van der Waals surface area contributed by atoms with Crippen molar-refractivity contribution in [2.75, 3.05) is 18.4 Å². The average Bonchev–Trinajstić information content (AvgIpc) is 3.17. The van der Waals surface area contributed by atoms with Crippen molar-refractivity contribution in [3.05, 3.63) is 47.7 Å². The van der Waals surface area contributed by atoms with Crippen LogP contribution in [0.4, 0.5) is 5.82 Å². The van der Waals surface area contributed by atoms with E-state index in [1.807, 2.05) is 13.0 Å². The van der Waals surface area contributed by atoms with Crippen molar-refractivity contribution in [3.63, 3.8) is 0 Å². The van der Waals surface area contributed by atoms with Crippen LogP contribution in [0.25, 0.3) is 0 Å². The monoisotopic (exact) mass is 425 g/mol. The number of carbonyl (C=O) groups is 3. The Morgan fingerprint density at radius 1 is 1.10 bits per heavy atom.